The maximum atomic E-state index is 14.5. The van der Waals surface area contributed by atoms with E-state index in [4.69, 9.17) is 5.26 Å². The molecule has 1 fully saturated rings. The fraction of sp³-hybridized carbons (Fsp3) is 0.375. The first-order chi connectivity index (χ1) is 16.5. The first-order valence-electron chi connectivity index (χ1n) is 11.3. The second-order valence-electron chi connectivity index (χ2n) is 8.40. The Bertz CT molecular complexity index is 1180. The van der Waals surface area contributed by atoms with Crippen LogP contribution in [0, 0.1) is 17.1 Å². The van der Waals surface area contributed by atoms with E-state index in [1.54, 1.807) is 30.5 Å². The number of amides is 1. The summed E-state index contributed by atoms with van der Waals surface area (Å²) in [7, 11) is 2.12. The highest BCUT2D eigenvalue weighted by molar-refractivity contribution is 5.95. The monoisotopic (exact) mass is 462 g/mol. The van der Waals surface area contributed by atoms with E-state index < -0.39 is 11.9 Å². The predicted octanol–water partition coefficient (Wildman–Crippen LogP) is 3.52. The van der Waals surface area contributed by atoms with Crippen LogP contribution in [0.2, 0.25) is 0 Å². The Balaban J connectivity index is 1.46. The van der Waals surface area contributed by atoms with E-state index in [1.165, 1.54) is 0 Å². The van der Waals surface area contributed by atoms with Crippen molar-refractivity contribution in [1.29, 1.82) is 5.26 Å². The molecule has 34 heavy (non-hydrogen) atoms. The number of carbonyl (C=O) groups excluding carboxylic acids is 1. The molecule has 1 saturated heterocycles. The minimum Gasteiger partial charge on any atom is -0.336 e. The Morgan fingerprint density at radius 2 is 2.00 bits per heavy atom. The fourth-order valence-electron chi connectivity index (χ4n) is 3.87. The molecule has 0 bridgehead atoms. The molecular formula is C24H27FN8O. The number of piperidine rings is 1. The molecule has 2 N–H and O–H groups in total. The summed E-state index contributed by atoms with van der Waals surface area (Å²) in [5, 5.41) is 19.2. The number of nitriles is 1. The van der Waals surface area contributed by atoms with Crippen LogP contribution in [0.15, 0.2) is 42.9 Å². The van der Waals surface area contributed by atoms with Gasteiger partial charge in [0.15, 0.2) is 5.82 Å². The van der Waals surface area contributed by atoms with Crippen LogP contribution in [0.1, 0.15) is 42.6 Å². The van der Waals surface area contributed by atoms with Crippen molar-refractivity contribution in [3.05, 3.63) is 54.2 Å². The molecule has 176 valence electrons. The van der Waals surface area contributed by atoms with Gasteiger partial charge in [-0.25, -0.2) is 14.4 Å². The standard InChI is InChI=1S/C24H27FN8O/c1-3-18(12-26)29-23(34)17-6-4-16(5-7-17)22-21(25)14-27-24(31-22)30-19-13-28-33(15-19)20-8-10-32(2)11-9-20/h4-7,13-15,18,20H,3,8-11H2,1-2H3,(H,29,34)(H,27,30,31). The van der Waals surface area contributed by atoms with Gasteiger partial charge in [0.1, 0.15) is 11.7 Å². The number of nitrogens with one attached hydrogen (secondary N) is 2. The summed E-state index contributed by atoms with van der Waals surface area (Å²) in [6.45, 7) is 3.89. The Morgan fingerprint density at radius 1 is 1.26 bits per heavy atom. The van der Waals surface area contributed by atoms with Gasteiger partial charge in [-0.1, -0.05) is 19.1 Å². The molecule has 3 heterocycles. The number of hydrogen-bond acceptors (Lipinski definition) is 7. The number of nitrogens with zero attached hydrogens (tertiary/aromatic N) is 6. The summed E-state index contributed by atoms with van der Waals surface area (Å²) < 4.78 is 16.5. The molecule has 0 spiro atoms. The van der Waals surface area contributed by atoms with Gasteiger partial charge in [0.05, 0.1) is 30.2 Å². The molecule has 10 heteroatoms. The van der Waals surface area contributed by atoms with Crippen LogP contribution in [0.3, 0.4) is 0 Å². The number of rotatable bonds is 7. The molecule has 1 aromatic carbocycles. The maximum Gasteiger partial charge on any atom is 0.252 e. The first kappa shape index (κ1) is 23.3. The third-order valence-corrected chi connectivity index (χ3v) is 5.95. The lowest BCUT2D eigenvalue weighted by Crippen LogP contribution is -2.33. The normalized spacial score (nSPS) is 15.5. The summed E-state index contributed by atoms with van der Waals surface area (Å²) in [6, 6.07) is 8.23. The number of likely N-dealkylation sites (tertiary alicyclic amines) is 1. The van der Waals surface area contributed by atoms with Gasteiger partial charge in [0.2, 0.25) is 5.95 Å². The summed E-state index contributed by atoms with van der Waals surface area (Å²) in [5.41, 5.74) is 1.74. The topological polar surface area (TPSA) is 112 Å². The average molecular weight is 463 g/mol. The van der Waals surface area contributed by atoms with E-state index >= 15 is 0 Å². The van der Waals surface area contributed by atoms with Crippen molar-refractivity contribution < 1.29 is 9.18 Å². The van der Waals surface area contributed by atoms with Crippen molar-refractivity contribution in [2.24, 2.45) is 0 Å². The van der Waals surface area contributed by atoms with Crippen molar-refractivity contribution in [1.82, 2.24) is 30.0 Å². The second-order valence-corrected chi connectivity index (χ2v) is 8.40. The Hall–Kier alpha value is -3.84. The van der Waals surface area contributed by atoms with Crippen LogP contribution in [0.4, 0.5) is 16.0 Å². The van der Waals surface area contributed by atoms with Crippen LogP contribution >= 0.6 is 0 Å². The number of benzene rings is 1. The van der Waals surface area contributed by atoms with Crippen molar-refractivity contribution in [3.63, 3.8) is 0 Å². The second kappa shape index (κ2) is 10.4. The summed E-state index contributed by atoms with van der Waals surface area (Å²) in [6.07, 6.45) is 7.34. The van der Waals surface area contributed by atoms with Gasteiger partial charge in [-0.2, -0.15) is 10.4 Å². The van der Waals surface area contributed by atoms with Crippen molar-refractivity contribution in [2.45, 2.75) is 38.3 Å². The average Bonchev–Trinajstić information content (AvgIpc) is 3.32. The summed E-state index contributed by atoms with van der Waals surface area (Å²) >= 11 is 0. The van der Waals surface area contributed by atoms with Crippen molar-refractivity contribution in [2.75, 3.05) is 25.5 Å². The first-order valence-corrected chi connectivity index (χ1v) is 11.3. The smallest absolute Gasteiger partial charge is 0.252 e. The highest BCUT2D eigenvalue weighted by atomic mass is 19.1. The van der Waals surface area contributed by atoms with Crippen molar-refractivity contribution in [3.8, 4) is 17.3 Å². The minimum atomic E-state index is -0.569. The lowest BCUT2D eigenvalue weighted by molar-refractivity contribution is 0.0944. The largest absolute Gasteiger partial charge is 0.336 e. The van der Waals surface area contributed by atoms with E-state index in [0.29, 0.717) is 23.6 Å². The molecule has 4 rings (SSSR count). The van der Waals surface area contributed by atoms with Crippen LogP contribution in [0.25, 0.3) is 11.3 Å². The van der Waals surface area contributed by atoms with Crippen molar-refractivity contribution >= 4 is 17.5 Å². The third-order valence-electron chi connectivity index (χ3n) is 5.95. The highest BCUT2D eigenvalue weighted by Crippen LogP contribution is 2.25. The molecule has 1 atom stereocenters. The number of hydrogen-bond donors (Lipinski definition) is 2. The van der Waals surface area contributed by atoms with E-state index in [2.05, 4.69) is 37.6 Å². The number of anilines is 2. The van der Waals surface area contributed by atoms with Gasteiger partial charge < -0.3 is 15.5 Å². The zero-order valence-corrected chi connectivity index (χ0v) is 19.2. The molecule has 9 nitrogen and oxygen atoms in total. The van der Waals surface area contributed by atoms with E-state index in [0.717, 1.165) is 37.8 Å². The molecule has 2 aromatic heterocycles. The lowest BCUT2D eigenvalue weighted by Gasteiger charge is -2.28. The molecule has 0 radical (unpaired) electrons. The molecule has 1 aliphatic rings. The highest BCUT2D eigenvalue weighted by Gasteiger charge is 2.19. The Morgan fingerprint density at radius 3 is 2.68 bits per heavy atom. The van der Waals surface area contributed by atoms with Gasteiger partial charge in [0.25, 0.3) is 5.91 Å². The molecular weight excluding hydrogens is 435 g/mol. The van der Waals surface area contributed by atoms with Gasteiger partial charge in [-0.3, -0.25) is 9.48 Å². The van der Waals surface area contributed by atoms with Crippen LogP contribution in [0.5, 0.6) is 0 Å². The Kier molecular flexibility index (Phi) is 7.13. The maximum absolute atomic E-state index is 14.5. The molecule has 0 aliphatic carbocycles. The van der Waals surface area contributed by atoms with E-state index in [-0.39, 0.29) is 17.5 Å². The summed E-state index contributed by atoms with van der Waals surface area (Å²) in [5.74, 6) is -0.673. The van der Waals surface area contributed by atoms with Crippen LogP contribution < -0.4 is 10.6 Å². The van der Waals surface area contributed by atoms with Crippen LogP contribution in [-0.2, 0) is 0 Å². The predicted molar refractivity (Wildman–Crippen MR) is 126 cm³/mol. The van der Waals surface area contributed by atoms with Gasteiger partial charge >= 0.3 is 0 Å². The molecule has 1 unspecified atom stereocenters. The zero-order chi connectivity index (χ0) is 24.1. The minimum absolute atomic E-state index is 0.121. The summed E-state index contributed by atoms with van der Waals surface area (Å²) in [4.78, 5) is 23.0. The molecule has 3 aromatic rings. The third kappa shape index (κ3) is 5.38. The quantitative estimate of drug-likeness (QED) is 0.552. The zero-order valence-electron chi connectivity index (χ0n) is 19.2. The lowest BCUT2D eigenvalue weighted by atomic mass is 10.1. The van der Waals surface area contributed by atoms with Gasteiger partial charge in [0, 0.05) is 17.3 Å². The fourth-order valence-corrected chi connectivity index (χ4v) is 3.87. The Labute approximate surface area is 197 Å². The SMILES string of the molecule is CCC(C#N)NC(=O)c1ccc(-c2nc(Nc3cnn(C4CCN(C)CC4)c3)ncc2F)cc1. The van der Waals surface area contributed by atoms with E-state index in [1.807, 2.05) is 23.9 Å². The molecule has 1 aliphatic heterocycles. The number of halogens is 1. The van der Waals surface area contributed by atoms with Gasteiger partial charge in [-0.15, -0.1) is 0 Å². The number of carbonyl (C=O) groups is 1. The van der Waals surface area contributed by atoms with E-state index in [9.17, 15) is 9.18 Å². The van der Waals surface area contributed by atoms with Gasteiger partial charge in [-0.05, 0) is 51.5 Å². The molecule has 1 amide bonds. The van der Waals surface area contributed by atoms with Crippen LogP contribution in [-0.4, -0.2) is 56.7 Å². The molecule has 0 saturated carbocycles. The number of aromatic nitrogens is 4.